The monoisotopic (exact) mass is 349 g/mol. The van der Waals surface area contributed by atoms with Gasteiger partial charge in [-0.1, -0.05) is 47.5 Å². The van der Waals surface area contributed by atoms with Gasteiger partial charge in [-0.25, -0.2) is 9.67 Å². The second kappa shape index (κ2) is 7.30. The van der Waals surface area contributed by atoms with Crippen molar-refractivity contribution in [1.29, 1.82) is 0 Å². The highest BCUT2D eigenvalue weighted by atomic mass is 35.5. The van der Waals surface area contributed by atoms with E-state index in [1.807, 2.05) is 0 Å². The summed E-state index contributed by atoms with van der Waals surface area (Å²) in [7, 11) is 0. The minimum atomic E-state index is -0.896. The summed E-state index contributed by atoms with van der Waals surface area (Å²) in [5.74, 6) is 0.361. The molecule has 2 aromatic rings. The van der Waals surface area contributed by atoms with Crippen molar-refractivity contribution in [1.82, 2.24) is 14.8 Å². The molecule has 0 fully saturated rings. The maximum atomic E-state index is 10.9. The van der Waals surface area contributed by atoms with Crippen LogP contribution in [0.25, 0.3) is 5.70 Å². The molecule has 1 aromatic carbocycles. The van der Waals surface area contributed by atoms with Gasteiger partial charge in [0.05, 0.1) is 5.70 Å². The predicted molar refractivity (Wildman–Crippen MR) is 92.2 cm³/mol. The third kappa shape index (κ3) is 3.83. The quantitative estimate of drug-likeness (QED) is 0.825. The van der Waals surface area contributed by atoms with E-state index >= 15 is 0 Å². The van der Waals surface area contributed by atoms with Gasteiger partial charge in [0.2, 0.25) is 0 Å². The second-order valence-electron chi connectivity index (χ2n) is 5.54. The smallest absolute Gasteiger partial charge is 0.138 e. The van der Waals surface area contributed by atoms with E-state index in [1.165, 1.54) is 6.33 Å². The Morgan fingerprint density at radius 3 is 2.87 bits per heavy atom. The number of halogens is 2. The molecule has 3 rings (SSSR count). The van der Waals surface area contributed by atoms with Crippen LogP contribution in [-0.4, -0.2) is 19.9 Å². The van der Waals surface area contributed by atoms with Crippen molar-refractivity contribution in [3.05, 3.63) is 64.7 Å². The van der Waals surface area contributed by atoms with E-state index < -0.39 is 6.10 Å². The Kier molecular flexibility index (Phi) is 5.16. The van der Waals surface area contributed by atoms with Crippen LogP contribution in [0.5, 0.6) is 0 Å². The highest BCUT2D eigenvalue weighted by molar-refractivity contribution is 6.35. The van der Waals surface area contributed by atoms with Gasteiger partial charge in [-0.15, -0.1) is 0 Å². The molecule has 4 nitrogen and oxygen atoms in total. The summed E-state index contributed by atoms with van der Waals surface area (Å²) in [6.07, 6.45) is 11.6. The van der Waals surface area contributed by atoms with E-state index in [2.05, 4.69) is 28.3 Å². The fourth-order valence-corrected chi connectivity index (χ4v) is 3.24. The van der Waals surface area contributed by atoms with Crippen LogP contribution in [0, 0.1) is 5.92 Å². The van der Waals surface area contributed by atoms with Gasteiger partial charge in [-0.3, -0.25) is 0 Å². The van der Waals surface area contributed by atoms with Crippen molar-refractivity contribution in [2.24, 2.45) is 5.92 Å². The van der Waals surface area contributed by atoms with Crippen LogP contribution in [0.4, 0.5) is 0 Å². The minimum absolute atomic E-state index is 0.361. The molecule has 1 aliphatic rings. The van der Waals surface area contributed by atoms with Crippen LogP contribution >= 0.6 is 23.2 Å². The lowest BCUT2D eigenvalue weighted by Gasteiger charge is -2.20. The number of benzene rings is 1. The first-order valence-corrected chi connectivity index (χ1v) is 8.25. The molecular weight excluding hydrogens is 333 g/mol. The van der Waals surface area contributed by atoms with E-state index in [-0.39, 0.29) is 0 Å². The normalized spacial score (nSPS) is 19.8. The molecule has 2 atom stereocenters. The molecule has 0 bridgehead atoms. The lowest BCUT2D eigenvalue weighted by Crippen LogP contribution is -2.12. The first-order chi connectivity index (χ1) is 11.1. The Labute approximate surface area is 145 Å². The Hall–Kier alpha value is -1.62. The van der Waals surface area contributed by atoms with Crippen molar-refractivity contribution < 1.29 is 5.11 Å². The van der Waals surface area contributed by atoms with Gasteiger partial charge in [0.25, 0.3) is 0 Å². The molecule has 0 saturated carbocycles. The number of aliphatic hydroxyl groups excluding tert-OH is 1. The molecule has 23 heavy (non-hydrogen) atoms. The van der Waals surface area contributed by atoms with Crippen molar-refractivity contribution in [3.63, 3.8) is 0 Å². The summed E-state index contributed by atoms with van der Waals surface area (Å²) >= 11 is 12.2. The van der Waals surface area contributed by atoms with Crippen LogP contribution < -0.4 is 0 Å². The SMILES string of the molecule is OC(C(=CC1CC=CCC1)n1cncn1)c1ccc(Cl)cc1Cl. The van der Waals surface area contributed by atoms with Gasteiger partial charge in [-0.2, -0.15) is 5.10 Å². The standard InChI is InChI=1S/C17H17Cl2N3O/c18-13-6-7-14(15(19)9-13)17(23)16(22-11-20-10-21-22)8-12-4-2-1-3-5-12/h1-2,6-12,17,23H,3-5H2. The lowest BCUT2D eigenvalue weighted by atomic mass is 9.92. The molecule has 0 amide bonds. The fraction of sp³-hybridized carbons (Fsp3) is 0.294. The molecule has 0 radical (unpaired) electrons. The van der Waals surface area contributed by atoms with E-state index in [1.54, 1.807) is 29.2 Å². The fourth-order valence-electron chi connectivity index (χ4n) is 2.73. The summed E-state index contributed by atoms with van der Waals surface area (Å²) in [6, 6.07) is 5.08. The van der Waals surface area contributed by atoms with Gasteiger partial charge < -0.3 is 5.11 Å². The van der Waals surface area contributed by atoms with Gasteiger partial charge in [0, 0.05) is 15.6 Å². The van der Waals surface area contributed by atoms with Crippen molar-refractivity contribution >= 4 is 28.9 Å². The van der Waals surface area contributed by atoms with Crippen molar-refractivity contribution in [2.45, 2.75) is 25.4 Å². The topological polar surface area (TPSA) is 50.9 Å². The van der Waals surface area contributed by atoms with Gasteiger partial charge in [0.15, 0.2) is 0 Å². The van der Waals surface area contributed by atoms with Crippen molar-refractivity contribution in [2.75, 3.05) is 0 Å². The second-order valence-corrected chi connectivity index (χ2v) is 6.39. The predicted octanol–water partition coefficient (Wildman–Crippen LogP) is 4.52. The lowest BCUT2D eigenvalue weighted by molar-refractivity contribution is 0.229. The molecule has 0 spiro atoms. The largest absolute Gasteiger partial charge is 0.382 e. The first kappa shape index (κ1) is 16.2. The van der Waals surface area contributed by atoms with Crippen LogP contribution in [0.3, 0.4) is 0 Å². The van der Waals surface area contributed by atoms with Gasteiger partial charge in [0.1, 0.15) is 18.8 Å². The zero-order valence-corrected chi connectivity index (χ0v) is 14.0. The maximum Gasteiger partial charge on any atom is 0.138 e. The molecule has 1 N–H and O–H groups in total. The van der Waals surface area contributed by atoms with Gasteiger partial charge in [-0.05, 0) is 37.3 Å². The van der Waals surface area contributed by atoms with Gasteiger partial charge >= 0.3 is 0 Å². The number of nitrogens with zero attached hydrogens (tertiary/aromatic N) is 3. The highest BCUT2D eigenvalue weighted by Gasteiger charge is 2.21. The summed E-state index contributed by atoms with van der Waals surface area (Å²) in [5, 5.41) is 16.0. The Morgan fingerprint density at radius 2 is 2.22 bits per heavy atom. The average molecular weight is 350 g/mol. The number of aromatic nitrogens is 3. The molecule has 1 heterocycles. The first-order valence-electron chi connectivity index (χ1n) is 7.50. The number of rotatable bonds is 4. The number of aliphatic hydroxyl groups is 1. The number of hydrogen-bond acceptors (Lipinski definition) is 3. The average Bonchev–Trinajstić information content (AvgIpc) is 3.07. The van der Waals surface area contributed by atoms with E-state index in [4.69, 9.17) is 23.2 Å². The van der Waals surface area contributed by atoms with E-state index in [0.29, 0.717) is 27.2 Å². The number of allylic oxidation sites excluding steroid dienone is 3. The van der Waals surface area contributed by atoms with E-state index in [0.717, 1.165) is 19.3 Å². The molecule has 0 aliphatic heterocycles. The highest BCUT2D eigenvalue weighted by Crippen LogP contribution is 2.34. The van der Waals surface area contributed by atoms with Crippen LogP contribution in [0.15, 0.2) is 49.1 Å². The summed E-state index contributed by atoms with van der Waals surface area (Å²) < 4.78 is 1.59. The molecular formula is C17H17Cl2N3O. The Bertz CT molecular complexity index is 725. The third-order valence-electron chi connectivity index (χ3n) is 3.94. The van der Waals surface area contributed by atoms with Crippen LogP contribution in [-0.2, 0) is 0 Å². The molecule has 2 unspecified atom stereocenters. The third-order valence-corrected chi connectivity index (χ3v) is 4.50. The van der Waals surface area contributed by atoms with Crippen LogP contribution in [0.1, 0.15) is 30.9 Å². The molecule has 6 heteroatoms. The Balaban J connectivity index is 1.97. The maximum absolute atomic E-state index is 10.9. The molecule has 1 aliphatic carbocycles. The number of hydrogen-bond donors (Lipinski definition) is 1. The van der Waals surface area contributed by atoms with Crippen molar-refractivity contribution in [3.8, 4) is 0 Å². The zero-order chi connectivity index (χ0) is 16.2. The van der Waals surface area contributed by atoms with E-state index in [9.17, 15) is 5.11 Å². The van der Waals surface area contributed by atoms with Crippen LogP contribution in [0.2, 0.25) is 10.0 Å². The zero-order valence-electron chi connectivity index (χ0n) is 12.4. The molecule has 120 valence electrons. The summed E-state index contributed by atoms with van der Waals surface area (Å²) in [4.78, 5) is 3.98. The molecule has 0 saturated heterocycles. The minimum Gasteiger partial charge on any atom is -0.382 e. The summed E-state index contributed by atoms with van der Waals surface area (Å²) in [5.41, 5.74) is 1.26. The summed E-state index contributed by atoms with van der Waals surface area (Å²) in [6.45, 7) is 0. The Morgan fingerprint density at radius 1 is 1.35 bits per heavy atom. The molecule has 1 aromatic heterocycles.